The Labute approximate surface area is 381 Å². The summed E-state index contributed by atoms with van der Waals surface area (Å²) >= 11 is 0. The Morgan fingerprint density at radius 2 is 0.531 bits per heavy atom. The summed E-state index contributed by atoms with van der Waals surface area (Å²) in [6, 6.07) is 72.7. The van der Waals surface area contributed by atoms with Crippen molar-refractivity contribution in [2.75, 3.05) is 9.80 Å². The van der Waals surface area contributed by atoms with Gasteiger partial charge in [-0.3, -0.25) is 0 Å². The molecule has 0 spiro atoms. The first-order valence-electron chi connectivity index (χ1n) is 23.2. The molecule has 0 radical (unpaired) electrons. The van der Waals surface area contributed by atoms with Crippen LogP contribution in [0.15, 0.2) is 194 Å². The summed E-state index contributed by atoms with van der Waals surface area (Å²) in [5, 5.41) is 4.89. The highest BCUT2D eigenvalue weighted by atomic mass is 15.1. The fraction of sp³-hybridized carbons (Fsp3) is 0.194. The molecule has 64 heavy (non-hydrogen) atoms. The van der Waals surface area contributed by atoms with Crippen LogP contribution in [0.1, 0.15) is 101 Å². The highest BCUT2D eigenvalue weighted by Gasteiger charge is 2.23. The van der Waals surface area contributed by atoms with Crippen LogP contribution in [0.5, 0.6) is 0 Å². The highest BCUT2D eigenvalue weighted by Crippen LogP contribution is 2.49. The molecule has 318 valence electrons. The molecule has 2 heteroatoms. The predicted octanol–water partition coefficient (Wildman–Crippen LogP) is 18.8. The predicted molar refractivity (Wildman–Crippen MR) is 278 cm³/mol. The Kier molecular flexibility index (Phi) is 12.0. The van der Waals surface area contributed by atoms with Crippen LogP contribution < -0.4 is 9.80 Å². The van der Waals surface area contributed by atoms with Crippen LogP contribution in [-0.2, 0) is 0 Å². The first-order valence-corrected chi connectivity index (χ1v) is 23.2. The zero-order valence-electron chi connectivity index (χ0n) is 38.7. The summed E-state index contributed by atoms with van der Waals surface area (Å²) in [6.07, 6.45) is 0. The maximum atomic E-state index is 2.45. The van der Waals surface area contributed by atoms with Crippen molar-refractivity contribution >= 4 is 55.7 Å². The summed E-state index contributed by atoms with van der Waals surface area (Å²) in [5.41, 5.74) is 17.0. The van der Waals surface area contributed by atoms with Gasteiger partial charge in [-0.05, 0) is 163 Å². The third-order valence-electron chi connectivity index (χ3n) is 12.9. The molecule has 0 fully saturated rings. The Morgan fingerprint density at radius 3 is 0.812 bits per heavy atom. The molecule has 0 aliphatic heterocycles. The van der Waals surface area contributed by atoms with E-state index in [1.54, 1.807) is 0 Å². The minimum absolute atomic E-state index is 0.406. The maximum absolute atomic E-state index is 2.45. The summed E-state index contributed by atoms with van der Waals surface area (Å²) < 4.78 is 0. The normalized spacial score (nSPS) is 11.7. The van der Waals surface area contributed by atoms with Crippen molar-refractivity contribution in [1.29, 1.82) is 0 Å². The maximum Gasteiger partial charge on any atom is 0.0468 e. The molecule has 0 amide bonds. The smallest absolute Gasteiger partial charge is 0.0468 e. The summed E-state index contributed by atoms with van der Waals surface area (Å²) in [4.78, 5) is 4.91. The molecule has 0 unspecified atom stereocenters. The molecular weight excluding hydrogens is 773 g/mol. The summed E-state index contributed by atoms with van der Waals surface area (Å²) in [6.45, 7) is 18.2. The van der Waals surface area contributed by atoms with E-state index < -0.39 is 0 Å². The van der Waals surface area contributed by atoms with Crippen LogP contribution >= 0.6 is 0 Å². The van der Waals surface area contributed by atoms with E-state index >= 15 is 0 Å². The minimum atomic E-state index is 0.406. The van der Waals surface area contributed by atoms with Crippen molar-refractivity contribution in [3.8, 4) is 22.3 Å². The van der Waals surface area contributed by atoms with Crippen LogP contribution in [-0.4, -0.2) is 0 Å². The second kappa shape index (κ2) is 18.1. The number of hydrogen-bond donors (Lipinski definition) is 0. The van der Waals surface area contributed by atoms with Gasteiger partial charge in [0.2, 0.25) is 0 Å². The van der Waals surface area contributed by atoms with Crippen LogP contribution in [0.3, 0.4) is 0 Å². The number of hydrogen-bond acceptors (Lipinski definition) is 2. The van der Waals surface area contributed by atoms with Crippen molar-refractivity contribution in [3.63, 3.8) is 0 Å². The number of nitrogens with zero attached hydrogens (tertiary/aromatic N) is 2. The van der Waals surface area contributed by atoms with Gasteiger partial charge < -0.3 is 9.80 Å². The monoisotopic (exact) mass is 832 g/mol. The van der Waals surface area contributed by atoms with Gasteiger partial charge in [-0.2, -0.15) is 0 Å². The standard InChI is InChI=1S/C62H60N2/c1-41(2)47-23-15-27-51(35-47)63(52-28-16-24-48(36-52)42(3)4)55-31-33-57-59(39-55)61(45-19-11-9-12-20-45)58-34-32-56(40-60(58)62(57)46-21-13-10-14-22-46)64(53-29-17-25-49(37-53)43(5)6)54-30-18-26-50(38-54)44(7)8/h9-44H,1-8H3. The average Bonchev–Trinajstić information content (AvgIpc) is 3.32. The molecule has 9 aromatic rings. The van der Waals surface area contributed by atoms with Gasteiger partial charge in [0.05, 0.1) is 0 Å². The van der Waals surface area contributed by atoms with Crippen LogP contribution in [0.4, 0.5) is 34.1 Å². The molecule has 2 nitrogen and oxygen atoms in total. The number of benzene rings is 9. The Balaban J connectivity index is 1.36. The Bertz CT molecular complexity index is 2750. The second-order valence-electron chi connectivity index (χ2n) is 18.6. The van der Waals surface area contributed by atoms with Crippen LogP contribution in [0, 0.1) is 0 Å². The fourth-order valence-electron chi connectivity index (χ4n) is 9.30. The van der Waals surface area contributed by atoms with E-state index in [1.807, 2.05) is 0 Å². The van der Waals surface area contributed by atoms with E-state index in [1.165, 1.54) is 66.1 Å². The molecule has 0 aliphatic rings. The van der Waals surface area contributed by atoms with Gasteiger partial charge in [0.25, 0.3) is 0 Å². The molecule has 9 aromatic carbocycles. The van der Waals surface area contributed by atoms with Gasteiger partial charge >= 0.3 is 0 Å². The molecule has 0 heterocycles. The van der Waals surface area contributed by atoms with Crippen molar-refractivity contribution in [2.45, 2.75) is 79.1 Å². The zero-order chi connectivity index (χ0) is 44.5. The van der Waals surface area contributed by atoms with Gasteiger partial charge in [-0.1, -0.05) is 177 Å². The van der Waals surface area contributed by atoms with E-state index in [9.17, 15) is 0 Å². The van der Waals surface area contributed by atoms with Crippen molar-refractivity contribution in [3.05, 3.63) is 216 Å². The summed E-state index contributed by atoms with van der Waals surface area (Å²) in [7, 11) is 0. The van der Waals surface area contributed by atoms with E-state index in [0.717, 1.165) is 34.1 Å². The molecule has 0 saturated heterocycles. The first-order chi connectivity index (χ1) is 31.0. The number of fused-ring (bicyclic) bond motifs is 2. The van der Waals surface area contributed by atoms with Crippen molar-refractivity contribution in [2.24, 2.45) is 0 Å². The van der Waals surface area contributed by atoms with Crippen LogP contribution in [0.25, 0.3) is 43.8 Å². The lowest BCUT2D eigenvalue weighted by Crippen LogP contribution is -2.11. The molecule has 0 aromatic heterocycles. The molecular formula is C62H60N2. The average molecular weight is 833 g/mol. The third-order valence-corrected chi connectivity index (χ3v) is 12.9. The SMILES string of the molecule is CC(C)c1cccc(N(c2cccc(C(C)C)c2)c2ccc3c(-c4ccccc4)c4cc(N(c5cccc(C(C)C)c5)c5cccc(C(C)C)c5)ccc4c(-c4ccccc4)c3c2)c1. The second-order valence-corrected chi connectivity index (χ2v) is 18.6. The van der Waals surface area contributed by atoms with E-state index in [2.05, 4.69) is 259 Å². The lowest BCUT2D eigenvalue weighted by atomic mass is 9.85. The molecule has 0 bridgehead atoms. The molecule has 9 rings (SSSR count). The highest BCUT2D eigenvalue weighted by molar-refractivity contribution is 6.22. The van der Waals surface area contributed by atoms with Gasteiger partial charge in [0, 0.05) is 34.1 Å². The third kappa shape index (κ3) is 8.33. The summed E-state index contributed by atoms with van der Waals surface area (Å²) in [5.74, 6) is 1.63. The topological polar surface area (TPSA) is 6.48 Å². The van der Waals surface area contributed by atoms with Crippen molar-refractivity contribution in [1.82, 2.24) is 0 Å². The van der Waals surface area contributed by atoms with Gasteiger partial charge in [0.1, 0.15) is 0 Å². The first kappa shape index (κ1) is 42.4. The van der Waals surface area contributed by atoms with Gasteiger partial charge in [0.15, 0.2) is 0 Å². The lowest BCUT2D eigenvalue weighted by molar-refractivity contribution is 0.864. The van der Waals surface area contributed by atoms with E-state index in [4.69, 9.17) is 0 Å². The van der Waals surface area contributed by atoms with Gasteiger partial charge in [-0.25, -0.2) is 0 Å². The molecule has 0 N–H and O–H groups in total. The molecule has 0 saturated carbocycles. The lowest BCUT2D eigenvalue weighted by Gasteiger charge is -2.29. The van der Waals surface area contributed by atoms with E-state index in [-0.39, 0.29) is 0 Å². The Hall–Kier alpha value is -6.90. The molecule has 0 atom stereocenters. The van der Waals surface area contributed by atoms with E-state index in [0.29, 0.717) is 23.7 Å². The van der Waals surface area contributed by atoms with Crippen molar-refractivity contribution < 1.29 is 0 Å². The fourth-order valence-corrected chi connectivity index (χ4v) is 9.30. The molecule has 0 aliphatic carbocycles. The van der Waals surface area contributed by atoms with Crippen LogP contribution in [0.2, 0.25) is 0 Å². The quantitative estimate of drug-likeness (QED) is 0.113. The Morgan fingerprint density at radius 1 is 0.250 bits per heavy atom. The number of anilines is 6. The number of rotatable bonds is 12. The van der Waals surface area contributed by atoms with Gasteiger partial charge in [-0.15, -0.1) is 0 Å². The zero-order valence-corrected chi connectivity index (χ0v) is 38.7. The minimum Gasteiger partial charge on any atom is -0.310 e. The largest absolute Gasteiger partial charge is 0.310 e.